The van der Waals surface area contributed by atoms with Crippen molar-refractivity contribution in [3.8, 4) is 0 Å². The van der Waals surface area contributed by atoms with E-state index in [4.69, 9.17) is 5.73 Å². The van der Waals surface area contributed by atoms with E-state index in [1.807, 2.05) is 0 Å². The van der Waals surface area contributed by atoms with Crippen LogP contribution in [0.3, 0.4) is 0 Å². The lowest BCUT2D eigenvalue weighted by atomic mass is 10.3. The second-order valence-electron chi connectivity index (χ2n) is 1.98. The van der Waals surface area contributed by atoms with Crippen LogP contribution in [-0.4, -0.2) is 10.8 Å². The molecule has 0 aliphatic carbocycles. The molecule has 0 heterocycles. The van der Waals surface area contributed by atoms with Gasteiger partial charge in [-0.2, -0.15) is 0 Å². The highest BCUT2D eigenvalue weighted by Gasteiger charge is 2.01. The quantitative estimate of drug-likeness (QED) is 0.563. The van der Waals surface area contributed by atoms with Crippen molar-refractivity contribution >= 4 is 16.9 Å². The third kappa shape index (κ3) is 1.65. The Balaban J connectivity index is 2.96. The Morgan fingerprint density at radius 2 is 2.20 bits per heavy atom. The summed E-state index contributed by atoms with van der Waals surface area (Å²) in [6, 6.07) is 6.76. The van der Waals surface area contributed by atoms with Crippen LogP contribution in [0.4, 0.5) is 5.69 Å². The molecule has 0 fully saturated rings. The van der Waals surface area contributed by atoms with Crippen LogP contribution in [0.25, 0.3) is 0 Å². The van der Waals surface area contributed by atoms with Gasteiger partial charge in [-0.15, -0.1) is 0 Å². The third-order valence-corrected chi connectivity index (χ3v) is 2.08. The van der Waals surface area contributed by atoms with Crippen LogP contribution >= 0.6 is 0 Å². The molecule has 0 aromatic heterocycles. The van der Waals surface area contributed by atoms with Crippen molar-refractivity contribution in [2.45, 2.75) is 4.90 Å². The van der Waals surface area contributed by atoms with E-state index < -0.39 is 11.2 Å². The molecule has 10 heavy (non-hydrogen) atoms. The maximum absolute atomic E-state index is 10.8. The molecular weight excluding hydrogens is 146 g/mol. The van der Waals surface area contributed by atoms with Gasteiger partial charge in [-0.05, 0) is 23.3 Å². The van der Waals surface area contributed by atoms with E-state index in [1.165, 1.54) is 0 Å². The maximum atomic E-state index is 10.8. The Morgan fingerprint density at radius 3 is 2.60 bits per heavy atom. The van der Waals surface area contributed by atoms with E-state index in [2.05, 4.69) is 0 Å². The summed E-state index contributed by atoms with van der Waals surface area (Å²) in [5.41, 5.74) is 7.60. The van der Waals surface area contributed by atoms with Crippen molar-refractivity contribution in [2.75, 3.05) is 6.26 Å². The number of benzene rings is 1. The summed E-state index contributed by atoms with van der Waals surface area (Å²) in [5, 5.41) is 0. The molecule has 1 radical (unpaired) electrons. The zero-order valence-corrected chi connectivity index (χ0v) is 6.44. The summed E-state index contributed by atoms with van der Waals surface area (Å²) in [7, 11) is 0. The molecule has 0 aliphatic rings. The molecule has 0 saturated carbocycles. The fourth-order valence-electron chi connectivity index (χ4n) is 0.675. The predicted octanol–water partition coefficient (Wildman–Crippen LogP) is 1.34. The summed E-state index contributed by atoms with van der Waals surface area (Å²) in [6.07, 6.45) is 1.61. The van der Waals surface area contributed by atoms with Crippen molar-refractivity contribution in [1.82, 2.24) is 5.73 Å². The van der Waals surface area contributed by atoms with Gasteiger partial charge in [0.1, 0.15) is 6.26 Å². The molecule has 1 atom stereocenters. The SMILES string of the molecule is C[S+]([O-])c1cccc([NH])c1. The fraction of sp³-hybridized carbons (Fsp3) is 0.143. The lowest BCUT2D eigenvalue weighted by Gasteiger charge is -2.02. The largest absolute Gasteiger partial charge is 0.612 e. The van der Waals surface area contributed by atoms with Gasteiger partial charge in [-0.25, -0.2) is 0 Å². The van der Waals surface area contributed by atoms with Gasteiger partial charge in [-0.1, -0.05) is 6.07 Å². The fourth-order valence-corrected chi connectivity index (χ4v) is 1.24. The van der Waals surface area contributed by atoms with Crippen LogP contribution in [0, 0.1) is 0 Å². The maximum Gasteiger partial charge on any atom is 0.154 e. The molecule has 0 bridgehead atoms. The molecule has 0 amide bonds. The molecule has 0 spiro atoms. The van der Waals surface area contributed by atoms with Gasteiger partial charge in [0.05, 0.1) is 5.69 Å². The van der Waals surface area contributed by atoms with E-state index in [9.17, 15) is 4.55 Å². The number of hydrogen-bond donors (Lipinski definition) is 0. The van der Waals surface area contributed by atoms with E-state index >= 15 is 0 Å². The zero-order chi connectivity index (χ0) is 7.56. The smallest absolute Gasteiger partial charge is 0.154 e. The number of hydrogen-bond acceptors (Lipinski definition) is 1. The Kier molecular flexibility index (Phi) is 2.19. The second-order valence-corrected chi connectivity index (χ2v) is 3.36. The zero-order valence-electron chi connectivity index (χ0n) is 5.63. The molecular formula is C7H8NOS. The Bertz CT molecular complexity index is 225. The molecule has 0 aliphatic heterocycles. The topological polar surface area (TPSA) is 46.9 Å². The molecule has 53 valence electrons. The predicted molar refractivity (Wildman–Crippen MR) is 41.5 cm³/mol. The summed E-state index contributed by atoms with van der Waals surface area (Å²) < 4.78 is 10.8. The minimum absolute atomic E-state index is 0.410. The standard InChI is InChI=1S/C7H8NOS/c1-10(9)7-4-2-3-6(8)5-7/h2-5,8H,1H3. The van der Waals surface area contributed by atoms with Crippen LogP contribution in [0.15, 0.2) is 29.2 Å². The third-order valence-electron chi connectivity index (χ3n) is 1.17. The highest BCUT2D eigenvalue weighted by molar-refractivity contribution is 7.90. The first-order chi connectivity index (χ1) is 4.70. The van der Waals surface area contributed by atoms with Crippen LogP contribution in [-0.2, 0) is 11.2 Å². The number of rotatable bonds is 1. The van der Waals surface area contributed by atoms with Crippen LogP contribution in [0.1, 0.15) is 0 Å². The van der Waals surface area contributed by atoms with Gasteiger partial charge in [0.15, 0.2) is 4.90 Å². The summed E-state index contributed by atoms with van der Waals surface area (Å²) in [4.78, 5) is 0.715. The first-order valence-corrected chi connectivity index (χ1v) is 4.41. The van der Waals surface area contributed by atoms with Crippen LogP contribution in [0.5, 0.6) is 0 Å². The monoisotopic (exact) mass is 154 g/mol. The normalized spacial score (nSPS) is 13.0. The molecule has 1 aromatic rings. The molecule has 1 aromatic carbocycles. The molecule has 2 nitrogen and oxygen atoms in total. The lowest BCUT2D eigenvalue weighted by molar-refractivity contribution is 0.601. The average molecular weight is 154 g/mol. The average Bonchev–Trinajstić information content (AvgIpc) is 1.88. The van der Waals surface area contributed by atoms with Crippen LogP contribution in [0.2, 0.25) is 0 Å². The highest BCUT2D eigenvalue weighted by atomic mass is 32.2. The molecule has 3 heteroatoms. The van der Waals surface area contributed by atoms with E-state index in [1.54, 1.807) is 30.5 Å². The van der Waals surface area contributed by atoms with E-state index in [0.717, 1.165) is 0 Å². The number of nitrogens with one attached hydrogen (secondary N) is 1. The first kappa shape index (κ1) is 7.44. The van der Waals surface area contributed by atoms with Crippen LogP contribution < -0.4 is 5.73 Å². The van der Waals surface area contributed by atoms with E-state index in [0.29, 0.717) is 10.6 Å². The van der Waals surface area contributed by atoms with Gasteiger partial charge in [0.25, 0.3) is 0 Å². The van der Waals surface area contributed by atoms with Gasteiger partial charge < -0.3 is 10.3 Å². The Morgan fingerprint density at radius 1 is 1.50 bits per heavy atom. The van der Waals surface area contributed by atoms with Gasteiger partial charge >= 0.3 is 0 Å². The highest BCUT2D eigenvalue weighted by Crippen LogP contribution is 2.12. The second kappa shape index (κ2) is 2.94. The van der Waals surface area contributed by atoms with Crippen molar-refractivity contribution in [3.63, 3.8) is 0 Å². The first-order valence-electron chi connectivity index (χ1n) is 2.85. The minimum Gasteiger partial charge on any atom is -0.612 e. The molecule has 0 saturated heterocycles. The molecule has 1 unspecified atom stereocenters. The molecule has 1 rings (SSSR count). The summed E-state index contributed by atoms with van der Waals surface area (Å²) >= 11 is -0.959. The lowest BCUT2D eigenvalue weighted by Crippen LogP contribution is -1.95. The van der Waals surface area contributed by atoms with Crippen molar-refractivity contribution < 1.29 is 4.55 Å². The summed E-state index contributed by atoms with van der Waals surface area (Å²) in [6.45, 7) is 0. The van der Waals surface area contributed by atoms with Gasteiger partial charge in [0.2, 0.25) is 0 Å². The van der Waals surface area contributed by atoms with Crippen molar-refractivity contribution in [2.24, 2.45) is 0 Å². The minimum atomic E-state index is -0.959. The summed E-state index contributed by atoms with van der Waals surface area (Å²) in [5.74, 6) is 0. The van der Waals surface area contributed by atoms with Crippen molar-refractivity contribution in [1.29, 1.82) is 0 Å². The van der Waals surface area contributed by atoms with Crippen molar-refractivity contribution in [3.05, 3.63) is 24.3 Å². The van der Waals surface area contributed by atoms with Gasteiger partial charge in [0, 0.05) is 6.07 Å². The van der Waals surface area contributed by atoms with E-state index in [-0.39, 0.29) is 0 Å². The van der Waals surface area contributed by atoms with Gasteiger partial charge in [-0.3, -0.25) is 0 Å². The Hall–Kier alpha value is -0.670. The molecule has 1 N–H and O–H groups in total. The Labute approximate surface area is 63.2 Å².